The van der Waals surface area contributed by atoms with Gasteiger partial charge in [-0.05, 0) is 75.0 Å². The molecule has 2 rings (SSSR count). The number of benzene rings is 1. The Morgan fingerprint density at radius 1 is 1.46 bits per heavy atom. The van der Waals surface area contributed by atoms with E-state index in [4.69, 9.17) is 22.8 Å². The largest absolute Gasteiger partial charge is 0.479 e. The molecule has 0 saturated heterocycles. The highest BCUT2D eigenvalue weighted by Gasteiger charge is 2.10. The maximum absolute atomic E-state index is 12.0. The van der Waals surface area contributed by atoms with Crippen LogP contribution in [0.3, 0.4) is 0 Å². The molecular formula is C16H10ClI2N3O2. The third-order valence-corrected chi connectivity index (χ3v) is 4.61. The summed E-state index contributed by atoms with van der Waals surface area (Å²) in [6.45, 7) is 0.210. The smallest absolute Gasteiger partial charge is 0.274 e. The number of rotatable bonds is 5. The highest BCUT2D eigenvalue weighted by Crippen LogP contribution is 2.28. The van der Waals surface area contributed by atoms with E-state index >= 15 is 0 Å². The van der Waals surface area contributed by atoms with Crippen LogP contribution in [0.15, 0.2) is 35.6 Å². The molecule has 2 aromatic rings. The Hall–Kier alpha value is -1.38. The Kier molecular flexibility index (Phi) is 7.26. The molecule has 0 radical (unpaired) electrons. The Bertz CT molecular complexity index is 811. The second kappa shape index (κ2) is 9.19. The second-order valence-electron chi connectivity index (χ2n) is 4.35. The van der Waals surface area contributed by atoms with Crippen LogP contribution in [0.5, 0.6) is 5.75 Å². The molecule has 0 atom stereocenters. The Morgan fingerprint density at radius 3 is 2.79 bits per heavy atom. The molecule has 0 spiro atoms. The number of terminal acetylenes is 1. The SMILES string of the molecule is C#CCOc1c(I)cc(C=NNC(=O)c2cccnc2Cl)cc1I. The van der Waals surface area contributed by atoms with E-state index in [0.29, 0.717) is 0 Å². The predicted molar refractivity (Wildman–Crippen MR) is 111 cm³/mol. The zero-order valence-electron chi connectivity index (χ0n) is 12.1. The summed E-state index contributed by atoms with van der Waals surface area (Å²) in [5.41, 5.74) is 3.50. The van der Waals surface area contributed by atoms with Gasteiger partial charge in [-0.25, -0.2) is 10.4 Å². The number of hydrogen-bond acceptors (Lipinski definition) is 4. The first-order chi connectivity index (χ1) is 11.5. The van der Waals surface area contributed by atoms with Crippen LogP contribution in [-0.4, -0.2) is 23.7 Å². The van der Waals surface area contributed by atoms with Crippen molar-refractivity contribution in [1.82, 2.24) is 10.4 Å². The zero-order valence-corrected chi connectivity index (χ0v) is 17.2. The molecule has 0 bridgehead atoms. The lowest BCUT2D eigenvalue weighted by Gasteiger charge is -2.08. The number of halogens is 3. The second-order valence-corrected chi connectivity index (χ2v) is 7.03. The van der Waals surface area contributed by atoms with Crippen LogP contribution in [0.4, 0.5) is 0 Å². The normalized spacial score (nSPS) is 10.4. The number of ether oxygens (including phenoxy) is 1. The van der Waals surface area contributed by atoms with Crippen molar-refractivity contribution in [3.8, 4) is 18.1 Å². The summed E-state index contributed by atoms with van der Waals surface area (Å²) in [6.07, 6.45) is 8.25. The highest BCUT2D eigenvalue weighted by molar-refractivity contribution is 14.1. The molecule has 1 aromatic heterocycles. The molecule has 0 aliphatic carbocycles. The first kappa shape index (κ1) is 19.0. The molecule has 0 fully saturated rings. The van der Waals surface area contributed by atoms with Crippen LogP contribution < -0.4 is 10.2 Å². The maximum Gasteiger partial charge on any atom is 0.274 e. The van der Waals surface area contributed by atoms with Crippen molar-refractivity contribution in [2.75, 3.05) is 6.61 Å². The molecule has 5 nitrogen and oxygen atoms in total. The van der Waals surface area contributed by atoms with Gasteiger partial charge in [0, 0.05) is 6.20 Å². The van der Waals surface area contributed by atoms with E-state index < -0.39 is 5.91 Å². The number of carbonyl (C=O) groups is 1. The van der Waals surface area contributed by atoms with Gasteiger partial charge in [0.05, 0.1) is 18.9 Å². The van der Waals surface area contributed by atoms with Crippen molar-refractivity contribution in [2.45, 2.75) is 0 Å². The number of nitrogens with zero attached hydrogens (tertiary/aromatic N) is 2. The minimum Gasteiger partial charge on any atom is -0.479 e. The van der Waals surface area contributed by atoms with E-state index in [2.05, 4.69) is 66.6 Å². The molecule has 0 aliphatic heterocycles. The van der Waals surface area contributed by atoms with Gasteiger partial charge in [0.2, 0.25) is 0 Å². The zero-order chi connectivity index (χ0) is 17.5. The van der Waals surface area contributed by atoms with Crippen molar-refractivity contribution in [3.05, 3.63) is 53.9 Å². The number of carbonyl (C=O) groups excluding carboxylic acids is 1. The minimum atomic E-state index is -0.428. The van der Waals surface area contributed by atoms with Gasteiger partial charge >= 0.3 is 0 Å². The summed E-state index contributed by atoms with van der Waals surface area (Å²) in [5.74, 6) is 2.74. The molecule has 1 aromatic carbocycles. The van der Waals surface area contributed by atoms with Gasteiger partial charge in [-0.2, -0.15) is 5.10 Å². The van der Waals surface area contributed by atoms with Gasteiger partial charge in [-0.15, -0.1) is 6.42 Å². The lowest BCUT2D eigenvalue weighted by Crippen LogP contribution is -2.18. The summed E-state index contributed by atoms with van der Waals surface area (Å²) in [4.78, 5) is 15.8. The molecule has 1 N–H and O–H groups in total. The predicted octanol–water partition coefficient (Wildman–Crippen LogP) is 3.72. The molecule has 0 saturated carbocycles. The number of hydrogen-bond donors (Lipinski definition) is 1. The first-order valence-corrected chi connectivity index (χ1v) is 9.05. The molecule has 24 heavy (non-hydrogen) atoms. The maximum atomic E-state index is 12.0. The van der Waals surface area contributed by atoms with Gasteiger partial charge < -0.3 is 4.74 Å². The van der Waals surface area contributed by atoms with Crippen molar-refractivity contribution >= 4 is 68.9 Å². The number of aromatic nitrogens is 1. The number of hydrazone groups is 1. The van der Waals surface area contributed by atoms with Gasteiger partial charge in [0.15, 0.2) is 0 Å². The van der Waals surface area contributed by atoms with E-state index in [1.807, 2.05) is 12.1 Å². The van der Waals surface area contributed by atoms with Crippen molar-refractivity contribution in [3.63, 3.8) is 0 Å². The Labute approximate surface area is 171 Å². The molecule has 122 valence electrons. The summed E-state index contributed by atoms with van der Waals surface area (Å²) >= 11 is 10.2. The molecule has 1 heterocycles. The summed E-state index contributed by atoms with van der Waals surface area (Å²) in [7, 11) is 0. The third-order valence-electron chi connectivity index (χ3n) is 2.70. The summed E-state index contributed by atoms with van der Waals surface area (Å²) in [6, 6.07) is 6.95. The fourth-order valence-electron chi connectivity index (χ4n) is 1.69. The van der Waals surface area contributed by atoms with Gasteiger partial charge in [0.25, 0.3) is 5.91 Å². The van der Waals surface area contributed by atoms with Gasteiger partial charge in [-0.3, -0.25) is 4.79 Å². The lowest BCUT2D eigenvalue weighted by atomic mass is 10.2. The Morgan fingerprint density at radius 2 is 2.17 bits per heavy atom. The topological polar surface area (TPSA) is 63.6 Å². The average molecular weight is 566 g/mol. The lowest BCUT2D eigenvalue weighted by molar-refractivity contribution is 0.0955. The minimum absolute atomic E-state index is 0.129. The molecule has 0 aliphatic rings. The van der Waals surface area contributed by atoms with E-state index in [0.717, 1.165) is 18.5 Å². The average Bonchev–Trinajstić information content (AvgIpc) is 2.54. The monoisotopic (exact) mass is 565 g/mol. The van der Waals surface area contributed by atoms with Crippen LogP contribution in [0.25, 0.3) is 0 Å². The van der Waals surface area contributed by atoms with Crippen molar-refractivity contribution in [2.24, 2.45) is 5.10 Å². The van der Waals surface area contributed by atoms with E-state index in [1.165, 1.54) is 12.4 Å². The first-order valence-electron chi connectivity index (χ1n) is 6.52. The summed E-state index contributed by atoms with van der Waals surface area (Å²) in [5, 5.41) is 4.07. The van der Waals surface area contributed by atoms with Crippen LogP contribution in [0, 0.1) is 19.5 Å². The highest BCUT2D eigenvalue weighted by atomic mass is 127. The fraction of sp³-hybridized carbons (Fsp3) is 0.0625. The van der Waals surface area contributed by atoms with E-state index in [-0.39, 0.29) is 17.3 Å². The fourth-order valence-corrected chi connectivity index (χ4v) is 4.02. The van der Waals surface area contributed by atoms with Crippen molar-refractivity contribution in [1.29, 1.82) is 0 Å². The molecule has 0 unspecified atom stereocenters. The summed E-state index contributed by atoms with van der Waals surface area (Å²) < 4.78 is 7.30. The van der Waals surface area contributed by atoms with E-state index in [1.54, 1.807) is 12.1 Å². The van der Waals surface area contributed by atoms with Gasteiger partial charge in [-0.1, -0.05) is 17.5 Å². The number of pyridine rings is 1. The van der Waals surface area contributed by atoms with Crippen molar-refractivity contribution < 1.29 is 9.53 Å². The standard InChI is InChI=1S/C16H10ClI2N3O2/c1-2-6-24-14-12(18)7-10(8-13(14)19)9-21-22-16(23)11-4-3-5-20-15(11)17/h1,3-5,7-9H,6H2,(H,22,23). The van der Waals surface area contributed by atoms with E-state index in [9.17, 15) is 4.79 Å². The molecular weight excluding hydrogens is 555 g/mol. The molecule has 8 heteroatoms. The number of amides is 1. The van der Waals surface area contributed by atoms with Crippen LogP contribution in [-0.2, 0) is 0 Å². The van der Waals surface area contributed by atoms with Crippen LogP contribution in [0.1, 0.15) is 15.9 Å². The number of nitrogens with one attached hydrogen (secondary N) is 1. The van der Waals surface area contributed by atoms with Gasteiger partial charge in [0.1, 0.15) is 17.5 Å². The quantitative estimate of drug-likeness (QED) is 0.198. The molecule has 1 amide bonds. The van der Waals surface area contributed by atoms with Crippen LogP contribution in [0.2, 0.25) is 5.15 Å². The third kappa shape index (κ3) is 5.06. The van der Waals surface area contributed by atoms with Crippen LogP contribution >= 0.6 is 56.8 Å². The Balaban J connectivity index is 2.08.